The molecule has 0 aliphatic carbocycles. The molecule has 0 amide bonds. The molecule has 3 aromatic rings. The van der Waals surface area contributed by atoms with Crippen molar-refractivity contribution in [1.29, 1.82) is 0 Å². The van der Waals surface area contributed by atoms with Crippen molar-refractivity contribution in [2.24, 2.45) is 4.99 Å². The summed E-state index contributed by atoms with van der Waals surface area (Å²) in [6.07, 6.45) is 2.83. The van der Waals surface area contributed by atoms with E-state index in [1.165, 1.54) is 15.3 Å². The maximum Gasteiger partial charge on any atom is 0.214 e. The van der Waals surface area contributed by atoms with Gasteiger partial charge in [-0.15, -0.1) is 11.3 Å². The van der Waals surface area contributed by atoms with Crippen LogP contribution < -0.4 is 10.6 Å². The summed E-state index contributed by atoms with van der Waals surface area (Å²) in [5, 5.41) is 6.56. The molecule has 0 aliphatic heterocycles. The molecule has 0 bridgehead atoms. The second-order valence-electron chi connectivity index (χ2n) is 5.99. The molecule has 0 radical (unpaired) electrons. The molecule has 0 spiro atoms. The lowest BCUT2D eigenvalue weighted by Gasteiger charge is -2.09. The lowest BCUT2D eigenvalue weighted by Crippen LogP contribution is -2.36. The molecule has 3 rings (SSSR count). The van der Waals surface area contributed by atoms with Gasteiger partial charge in [0.05, 0.1) is 19.3 Å². The van der Waals surface area contributed by atoms with Crippen molar-refractivity contribution in [2.75, 3.05) is 7.05 Å². The van der Waals surface area contributed by atoms with Crippen molar-refractivity contribution in [2.45, 2.75) is 33.4 Å². The summed E-state index contributed by atoms with van der Waals surface area (Å²) < 4.78 is 5.83. The predicted octanol–water partition coefficient (Wildman–Crippen LogP) is 4.14. The number of rotatable bonds is 6. The van der Waals surface area contributed by atoms with E-state index in [2.05, 4.69) is 58.7 Å². The van der Waals surface area contributed by atoms with Crippen molar-refractivity contribution in [3.05, 3.63) is 63.8 Å². The molecule has 2 heterocycles. The number of hydrogen-bond acceptors (Lipinski definition) is 4. The number of benzene rings is 1. The van der Waals surface area contributed by atoms with E-state index in [9.17, 15) is 0 Å². The number of guanidine groups is 1. The molecule has 26 heavy (non-hydrogen) atoms. The minimum Gasteiger partial charge on any atom is -0.439 e. The Kier molecular flexibility index (Phi) is 6.07. The van der Waals surface area contributed by atoms with Gasteiger partial charge >= 0.3 is 0 Å². The van der Waals surface area contributed by atoms with Crippen LogP contribution in [0.3, 0.4) is 0 Å². The number of aryl methyl sites for hydroxylation is 2. The first-order valence-corrected chi connectivity index (χ1v) is 9.53. The summed E-state index contributed by atoms with van der Waals surface area (Å²) in [6.45, 7) is 5.48. The van der Waals surface area contributed by atoms with Gasteiger partial charge in [-0.3, -0.25) is 4.99 Å². The number of aliphatic imine (C=N–C) groups is 1. The number of nitrogens with zero attached hydrogens (tertiary/aromatic N) is 2. The van der Waals surface area contributed by atoms with E-state index in [0.717, 1.165) is 30.2 Å². The van der Waals surface area contributed by atoms with Gasteiger partial charge in [0, 0.05) is 22.4 Å². The van der Waals surface area contributed by atoms with E-state index in [-0.39, 0.29) is 0 Å². The molecular weight excluding hydrogens is 344 g/mol. The van der Waals surface area contributed by atoms with Gasteiger partial charge in [-0.05, 0) is 25.5 Å². The second-order valence-corrected chi connectivity index (χ2v) is 7.24. The first kappa shape index (κ1) is 18.2. The third-order valence-electron chi connectivity index (χ3n) is 4.02. The van der Waals surface area contributed by atoms with Crippen LogP contribution in [0.1, 0.15) is 28.1 Å². The van der Waals surface area contributed by atoms with Crippen LogP contribution in [-0.2, 0) is 19.5 Å². The molecule has 1 aromatic carbocycles. The van der Waals surface area contributed by atoms with Gasteiger partial charge in [0.25, 0.3) is 0 Å². The Morgan fingerprint density at radius 3 is 2.50 bits per heavy atom. The molecule has 136 valence electrons. The number of oxazole rings is 1. The number of aromatic nitrogens is 1. The molecule has 0 unspecified atom stereocenters. The molecule has 0 aliphatic rings. The van der Waals surface area contributed by atoms with Crippen molar-refractivity contribution in [3.63, 3.8) is 0 Å². The van der Waals surface area contributed by atoms with Crippen molar-refractivity contribution >= 4 is 17.3 Å². The lowest BCUT2D eigenvalue weighted by molar-refractivity contribution is 0.497. The predicted molar refractivity (Wildman–Crippen MR) is 107 cm³/mol. The average molecular weight is 369 g/mol. The van der Waals surface area contributed by atoms with Gasteiger partial charge in [-0.25, -0.2) is 4.98 Å². The van der Waals surface area contributed by atoms with Gasteiger partial charge in [-0.1, -0.05) is 36.8 Å². The Morgan fingerprint density at radius 1 is 1.08 bits per heavy atom. The molecule has 6 heteroatoms. The summed E-state index contributed by atoms with van der Waals surface area (Å²) in [5.74, 6) is 2.13. The monoisotopic (exact) mass is 368 g/mol. The molecule has 0 atom stereocenters. The van der Waals surface area contributed by atoms with Crippen LogP contribution >= 0.6 is 11.3 Å². The van der Waals surface area contributed by atoms with Crippen LogP contribution in [0.2, 0.25) is 0 Å². The average Bonchev–Trinajstić information content (AvgIpc) is 3.32. The highest BCUT2D eigenvalue weighted by Gasteiger charge is 2.07. The van der Waals surface area contributed by atoms with Crippen LogP contribution in [0.5, 0.6) is 0 Å². The minimum absolute atomic E-state index is 0.482. The third-order valence-corrected chi connectivity index (χ3v) is 5.25. The number of thiophene rings is 1. The Morgan fingerprint density at radius 2 is 1.81 bits per heavy atom. The lowest BCUT2D eigenvalue weighted by atomic mass is 10.1. The Bertz CT molecular complexity index is 864. The minimum atomic E-state index is 0.482. The number of nitrogens with one attached hydrogen (secondary N) is 2. The van der Waals surface area contributed by atoms with Crippen LogP contribution in [0.25, 0.3) is 11.3 Å². The summed E-state index contributed by atoms with van der Waals surface area (Å²) in [4.78, 5) is 11.3. The Hall–Kier alpha value is -2.60. The normalized spacial score (nSPS) is 11.6. The van der Waals surface area contributed by atoms with Crippen LogP contribution in [0, 0.1) is 6.92 Å². The summed E-state index contributed by atoms with van der Waals surface area (Å²) >= 11 is 1.83. The zero-order valence-electron chi connectivity index (χ0n) is 15.4. The maximum atomic E-state index is 5.83. The molecule has 5 nitrogen and oxygen atoms in total. The fourth-order valence-electron chi connectivity index (χ4n) is 2.50. The maximum absolute atomic E-state index is 5.83. The first-order valence-electron chi connectivity index (χ1n) is 8.71. The summed E-state index contributed by atoms with van der Waals surface area (Å²) in [6, 6.07) is 12.5. The highest BCUT2D eigenvalue weighted by Crippen LogP contribution is 2.20. The van der Waals surface area contributed by atoms with Gasteiger partial charge < -0.3 is 15.1 Å². The zero-order chi connectivity index (χ0) is 18.4. The third kappa shape index (κ3) is 4.73. The van der Waals surface area contributed by atoms with E-state index in [4.69, 9.17) is 4.42 Å². The molecule has 2 aromatic heterocycles. The standard InChI is InChI=1S/C20H24N4OS/c1-4-16-9-10-17(26-16)11-23-20(21-3)24-13-19-22-12-18(25-19)15-7-5-14(2)6-8-15/h5-10,12H,4,11,13H2,1-3H3,(H2,21,23,24). The van der Waals surface area contributed by atoms with Crippen LogP contribution in [0.15, 0.2) is 52.0 Å². The van der Waals surface area contributed by atoms with E-state index >= 15 is 0 Å². The topological polar surface area (TPSA) is 62.5 Å². The quantitative estimate of drug-likeness (QED) is 0.507. The van der Waals surface area contributed by atoms with Crippen LogP contribution in [0.4, 0.5) is 0 Å². The fourth-order valence-corrected chi connectivity index (χ4v) is 3.40. The second kappa shape index (κ2) is 8.67. The SMILES string of the molecule is CCc1ccc(CNC(=NC)NCc2ncc(-c3ccc(C)cc3)o2)s1. The zero-order valence-corrected chi connectivity index (χ0v) is 16.2. The van der Waals surface area contributed by atoms with Gasteiger partial charge in [0.1, 0.15) is 0 Å². The highest BCUT2D eigenvalue weighted by molar-refractivity contribution is 7.11. The summed E-state index contributed by atoms with van der Waals surface area (Å²) in [5.41, 5.74) is 2.25. The number of hydrogen-bond donors (Lipinski definition) is 2. The Labute approximate surface area is 158 Å². The first-order chi connectivity index (χ1) is 12.7. The molecular formula is C20H24N4OS. The van der Waals surface area contributed by atoms with Gasteiger partial charge in [0.15, 0.2) is 11.7 Å². The molecule has 0 fully saturated rings. The van der Waals surface area contributed by atoms with Crippen LogP contribution in [-0.4, -0.2) is 18.0 Å². The van der Waals surface area contributed by atoms with Gasteiger partial charge in [0.2, 0.25) is 5.89 Å². The van der Waals surface area contributed by atoms with E-state index in [1.807, 2.05) is 23.5 Å². The van der Waals surface area contributed by atoms with Crippen molar-refractivity contribution in [1.82, 2.24) is 15.6 Å². The summed E-state index contributed by atoms with van der Waals surface area (Å²) in [7, 11) is 1.76. The Balaban J connectivity index is 1.53. The fraction of sp³-hybridized carbons (Fsp3) is 0.300. The highest BCUT2D eigenvalue weighted by atomic mass is 32.1. The van der Waals surface area contributed by atoms with E-state index < -0.39 is 0 Å². The van der Waals surface area contributed by atoms with E-state index in [1.54, 1.807) is 13.2 Å². The van der Waals surface area contributed by atoms with Crippen molar-refractivity contribution in [3.8, 4) is 11.3 Å². The largest absolute Gasteiger partial charge is 0.439 e. The van der Waals surface area contributed by atoms with E-state index in [0.29, 0.717) is 12.4 Å². The molecule has 0 saturated heterocycles. The van der Waals surface area contributed by atoms with Crippen molar-refractivity contribution < 1.29 is 4.42 Å². The molecule has 2 N–H and O–H groups in total. The molecule has 0 saturated carbocycles. The van der Waals surface area contributed by atoms with Gasteiger partial charge in [-0.2, -0.15) is 0 Å². The smallest absolute Gasteiger partial charge is 0.214 e.